The molecule has 0 fully saturated rings. The highest BCUT2D eigenvalue weighted by Gasteiger charge is 2.19. The lowest BCUT2D eigenvalue weighted by atomic mass is 10.2. The number of ether oxygens (including phenoxy) is 2. The third-order valence-corrected chi connectivity index (χ3v) is 5.46. The number of aromatic nitrogens is 1. The standard InChI is InChI=1S/C19H25N3O3S.C2H6/c1-4-8-22(5-2)10-9-21(3)19(23)17-12-20-18(26-17)14-6-7-15-16(11-14)25-13-24-15;1-2/h6-7,11-12H,4-5,8-10,13H2,1-3H3;1-2H3. The Kier molecular flexibility index (Phi) is 8.73. The zero-order valence-electron chi connectivity index (χ0n) is 17.5. The van der Waals surface area contributed by atoms with Crippen LogP contribution in [0.1, 0.15) is 43.8 Å². The predicted molar refractivity (Wildman–Crippen MR) is 114 cm³/mol. The van der Waals surface area contributed by atoms with Crippen LogP contribution in [0.4, 0.5) is 0 Å². The zero-order chi connectivity index (χ0) is 20.5. The summed E-state index contributed by atoms with van der Waals surface area (Å²) in [5.41, 5.74) is 0.932. The van der Waals surface area contributed by atoms with Crippen molar-refractivity contribution in [1.82, 2.24) is 14.8 Å². The Morgan fingerprint density at radius 1 is 1.14 bits per heavy atom. The van der Waals surface area contributed by atoms with Gasteiger partial charge in [0.2, 0.25) is 6.79 Å². The molecule has 0 spiro atoms. The fourth-order valence-electron chi connectivity index (χ4n) is 2.86. The second-order valence-corrected chi connectivity index (χ2v) is 7.29. The fraction of sp³-hybridized carbons (Fsp3) is 0.524. The van der Waals surface area contributed by atoms with E-state index in [1.807, 2.05) is 39.1 Å². The Morgan fingerprint density at radius 2 is 1.89 bits per heavy atom. The maximum atomic E-state index is 12.7. The Morgan fingerprint density at radius 3 is 2.61 bits per heavy atom. The monoisotopic (exact) mass is 405 g/mol. The number of carbonyl (C=O) groups is 1. The van der Waals surface area contributed by atoms with E-state index < -0.39 is 0 Å². The van der Waals surface area contributed by atoms with E-state index in [-0.39, 0.29) is 12.7 Å². The molecule has 7 heteroatoms. The molecular formula is C21H31N3O3S. The van der Waals surface area contributed by atoms with Crippen molar-refractivity contribution < 1.29 is 14.3 Å². The summed E-state index contributed by atoms with van der Waals surface area (Å²) >= 11 is 1.41. The minimum Gasteiger partial charge on any atom is -0.454 e. The minimum absolute atomic E-state index is 0.0158. The van der Waals surface area contributed by atoms with E-state index in [1.165, 1.54) is 11.3 Å². The van der Waals surface area contributed by atoms with Gasteiger partial charge in [0, 0.05) is 25.7 Å². The SMILES string of the molecule is CC.CCCN(CC)CCN(C)C(=O)c1cnc(-c2ccc3c(c2)OCO3)s1. The highest BCUT2D eigenvalue weighted by molar-refractivity contribution is 7.16. The maximum absolute atomic E-state index is 12.7. The molecule has 28 heavy (non-hydrogen) atoms. The van der Waals surface area contributed by atoms with Gasteiger partial charge < -0.3 is 19.3 Å². The number of hydrogen-bond acceptors (Lipinski definition) is 6. The molecule has 0 aliphatic carbocycles. The topological polar surface area (TPSA) is 54.9 Å². The highest BCUT2D eigenvalue weighted by atomic mass is 32.1. The molecular weight excluding hydrogens is 374 g/mol. The molecule has 1 aliphatic heterocycles. The number of likely N-dealkylation sites (N-methyl/N-ethyl adjacent to an activating group) is 2. The summed E-state index contributed by atoms with van der Waals surface area (Å²) < 4.78 is 10.7. The molecule has 1 aromatic carbocycles. The van der Waals surface area contributed by atoms with E-state index in [2.05, 4.69) is 23.7 Å². The van der Waals surface area contributed by atoms with Crippen molar-refractivity contribution in [2.45, 2.75) is 34.1 Å². The van der Waals surface area contributed by atoms with Crippen LogP contribution in [-0.2, 0) is 0 Å². The van der Waals surface area contributed by atoms with Crippen molar-refractivity contribution in [2.24, 2.45) is 0 Å². The molecule has 2 heterocycles. The summed E-state index contributed by atoms with van der Waals surface area (Å²) in [6.45, 7) is 12.2. The average molecular weight is 406 g/mol. The predicted octanol–water partition coefficient (Wildman–Crippen LogP) is 4.37. The molecule has 0 N–H and O–H groups in total. The summed E-state index contributed by atoms with van der Waals surface area (Å²) in [6, 6.07) is 5.72. The molecule has 0 unspecified atom stereocenters. The van der Waals surface area contributed by atoms with Crippen molar-refractivity contribution in [1.29, 1.82) is 0 Å². The van der Waals surface area contributed by atoms with Crippen LogP contribution in [0.3, 0.4) is 0 Å². The third kappa shape index (κ3) is 5.45. The number of fused-ring (bicyclic) bond motifs is 1. The van der Waals surface area contributed by atoms with E-state index in [0.717, 1.165) is 48.1 Å². The van der Waals surface area contributed by atoms with Gasteiger partial charge in [-0.2, -0.15) is 0 Å². The van der Waals surface area contributed by atoms with Crippen molar-refractivity contribution in [3.63, 3.8) is 0 Å². The van der Waals surface area contributed by atoms with Crippen molar-refractivity contribution in [3.05, 3.63) is 29.3 Å². The van der Waals surface area contributed by atoms with Crippen LogP contribution in [0, 0.1) is 0 Å². The Bertz CT molecular complexity index is 763. The first kappa shape index (κ1) is 22.2. The number of nitrogens with zero attached hydrogens (tertiary/aromatic N) is 3. The van der Waals surface area contributed by atoms with Gasteiger partial charge in [-0.25, -0.2) is 4.98 Å². The second kappa shape index (κ2) is 11.0. The van der Waals surface area contributed by atoms with Gasteiger partial charge in [0.15, 0.2) is 11.5 Å². The van der Waals surface area contributed by atoms with Crippen LogP contribution >= 0.6 is 11.3 Å². The molecule has 6 nitrogen and oxygen atoms in total. The van der Waals surface area contributed by atoms with Gasteiger partial charge in [-0.1, -0.05) is 27.7 Å². The summed E-state index contributed by atoms with van der Waals surface area (Å²) in [4.78, 5) is 21.9. The molecule has 3 rings (SSSR count). The molecule has 1 aromatic heterocycles. The van der Waals surface area contributed by atoms with Gasteiger partial charge in [0.05, 0.1) is 6.20 Å². The number of benzene rings is 1. The number of rotatable bonds is 8. The number of amides is 1. The third-order valence-electron chi connectivity index (χ3n) is 4.42. The van der Waals surface area contributed by atoms with Gasteiger partial charge in [-0.05, 0) is 37.7 Å². The number of thiazole rings is 1. The molecule has 2 aromatic rings. The van der Waals surface area contributed by atoms with Gasteiger partial charge in [-0.3, -0.25) is 4.79 Å². The highest BCUT2D eigenvalue weighted by Crippen LogP contribution is 2.37. The van der Waals surface area contributed by atoms with E-state index in [0.29, 0.717) is 11.4 Å². The smallest absolute Gasteiger partial charge is 0.265 e. The lowest BCUT2D eigenvalue weighted by Gasteiger charge is -2.23. The number of carbonyl (C=O) groups excluding carboxylic acids is 1. The molecule has 154 valence electrons. The summed E-state index contributed by atoms with van der Waals surface area (Å²) in [6.07, 6.45) is 2.78. The Labute approximate surface area is 172 Å². The molecule has 1 amide bonds. The summed E-state index contributed by atoms with van der Waals surface area (Å²) in [5.74, 6) is 1.48. The van der Waals surface area contributed by atoms with E-state index >= 15 is 0 Å². The summed E-state index contributed by atoms with van der Waals surface area (Å²) in [5, 5.41) is 0.807. The second-order valence-electron chi connectivity index (χ2n) is 6.26. The molecule has 0 saturated heterocycles. The van der Waals surface area contributed by atoms with Crippen LogP contribution in [0.5, 0.6) is 11.5 Å². The summed E-state index contributed by atoms with van der Waals surface area (Å²) in [7, 11) is 1.85. The molecule has 0 bridgehead atoms. The van der Waals surface area contributed by atoms with E-state index in [1.54, 1.807) is 11.1 Å². The molecule has 0 atom stereocenters. The lowest BCUT2D eigenvalue weighted by molar-refractivity contribution is 0.0783. The normalized spacial score (nSPS) is 11.9. The van der Waals surface area contributed by atoms with Crippen molar-refractivity contribution in [2.75, 3.05) is 40.0 Å². The average Bonchev–Trinajstić information content (AvgIpc) is 3.40. The van der Waals surface area contributed by atoms with Gasteiger partial charge in [0.25, 0.3) is 5.91 Å². The molecule has 0 radical (unpaired) electrons. The van der Waals surface area contributed by atoms with Crippen LogP contribution in [0.25, 0.3) is 10.6 Å². The quantitative estimate of drug-likeness (QED) is 0.653. The van der Waals surface area contributed by atoms with Gasteiger partial charge in [0.1, 0.15) is 9.88 Å². The van der Waals surface area contributed by atoms with Crippen molar-refractivity contribution >= 4 is 17.2 Å². The fourth-order valence-corrected chi connectivity index (χ4v) is 3.77. The first-order chi connectivity index (χ1) is 13.6. The largest absolute Gasteiger partial charge is 0.454 e. The zero-order valence-corrected chi connectivity index (χ0v) is 18.3. The minimum atomic E-state index is 0.0158. The maximum Gasteiger partial charge on any atom is 0.265 e. The molecule has 1 aliphatic rings. The van der Waals surface area contributed by atoms with Crippen LogP contribution < -0.4 is 9.47 Å². The Balaban J connectivity index is 0.00000136. The van der Waals surface area contributed by atoms with Crippen LogP contribution in [0.15, 0.2) is 24.4 Å². The Hall–Kier alpha value is -2.12. The van der Waals surface area contributed by atoms with Crippen molar-refractivity contribution in [3.8, 4) is 22.1 Å². The van der Waals surface area contributed by atoms with Crippen LogP contribution in [-0.4, -0.2) is 60.7 Å². The first-order valence-electron chi connectivity index (χ1n) is 9.96. The van der Waals surface area contributed by atoms with Gasteiger partial charge in [-0.15, -0.1) is 11.3 Å². The van der Waals surface area contributed by atoms with E-state index in [4.69, 9.17) is 9.47 Å². The van der Waals surface area contributed by atoms with E-state index in [9.17, 15) is 4.79 Å². The van der Waals surface area contributed by atoms with Gasteiger partial charge >= 0.3 is 0 Å². The first-order valence-corrected chi connectivity index (χ1v) is 10.8. The molecule has 0 saturated carbocycles. The van der Waals surface area contributed by atoms with Crippen LogP contribution in [0.2, 0.25) is 0 Å². The lowest BCUT2D eigenvalue weighted by Crippen LogP contribution is -2.36. The number of hydrogen-bond donors (Lipinski definition) is 0.